The maximum Gasteiger partial charge on any atom is 0.270 e. The summed E-state index contributed by atoms with van der Waals surface area (Å²) in [5.41, 5.74) is 4.71. The van der Waals surface area contributed by atoms with E-state index in [9.17, 15) is 24.5 Å². The highest BCUT2D eigenvalue weighted by Gasteiger charge is 2.15. The van der Waals surface area contributed by atoms with Crippen molar-refractivity contribution in [1.29, 1.82) is 0 Å². The number of benzene rings is 2. The summed E-state index contributed by atoms with van der Waals surface area (Å²) in [6, 6.07) is 12.3. The summed E-state index contributed by atoms with van der Waals surface area (Å²) in [5, 5.41) is 11.4. The Morgan fingerprint density at radius 3 is 2.57 bits per heavy atom. The van der Waals surface area contributed by atoms with Crippen LogP contribution in [0.1, 0.15) is 17.3 Å². The van der Waals surface area contributed by atoms with Crippen molar-refractivity contribution >= 4 is 40.2 Å². The molecule has 0 fully saturated rings. The highest BCUT2D eigenvalue weighted by molar-refractivity contribution is 7.99. The number of nitrogens with one attached hydrogen (secondary N) is 2. The summed E-state index contributed by atoms with van der Waals surface area (Å²) in [6.45, 7) is 2.01. The third kappa shape index (κ3) is 4.63. The van der Waals surface area contributed by atoms with Gasteiger partial charge in [-0.1, -0.05) is 30.0 Å². The summed E-state index contributed by atoms with van der Waals surface area (Å²) in [5.74, 6) is -1.03. The van der Waals surface area contributed by atoms with Gasteiger partial charge in [-0.3, -0.25) is 39.9 Å². The SMILES string of the molecule is CCn1c(SCC(=O)NNC(=O)c2ccccc2)nc2ccc([N+](=O)[O-])cc2c1=O. The van der Waals surface area contributed by atoms with E-state index in [1.165, 1.54) is 22.8 Å². The van der Waals surface area contributed by atoms with Gasteiger partial charge in [0.2, 0.25) is 5.91 Å². The maximum atomic E-state index is 12.7. The monoisotopic (exact) mass is 427 g/mol. The highest BCUT2D eigenvalue weighted by Crippen LogP contribution is 2.21. The van der Waals surface area contributed by atoms with Gasteiger partial charge in [0, 0.05) is 24.2 Å². The molecule has 30 heavy (non-hydrogen) atoms. The van der Waals surface area contributed by atoms with Crippen LogP contribution >= 0.6 is 11.8 Å². The van der Waals surface area contributed by atoms with Crippen molar-refractivity contribution in [3.05, 3.63) is 74.6 Å². The van der Waals surface area contributed by atoms with Gasteiger partial charge in [-0.25, -0.2) is 4.98 Å². The number of fused-ring (bicyclic) bond motifs is 1. The second kappa shape index (κ2) is 9.18. The lowest BCUT2D eigenvalue weighted by Gasteiger charge is -2.11. The number of nitro groups is 1. The average molecular weight is 427 g/mol. The van der Waals surface area contributed by atoms with Crippen molar-refractivity contribution in [2.75, 3.05) is 5.75 Å². The molecule has 0 radical (unpaired) electrons. The number of nitro benzene ring substituents is 1. The zero-order valence-electron chi connectivity index (χ0n) is 15.8. The summed E-state index contributed by atoms with van der Waals surface area (Å²) >= 11 is 1.02. The molecule has 0 spiro atoms. The molecule has 0 saturated carbocycles. The molecule has 0 aliphatic heterocycles. The van der Waals surface area contributed by atoms with Crippen LogP contribution in [-0.4, -0.2) is 32.0 Å². The van der Waals surface area contributed by atoms with Gasteiger partial charge in [-0.05, 0) is 25.1 Å². The largest absolute Gasteiger partial charge is 0.287 e. The lowest BCUT2D eigenvalue weighted by molar-refractivity contribution is -0.384. The Labute approximate surface area is 174 Å². The number of carbonyl (C=O) groups is 2. The topological polar surface area (TPSA) is 136 Å². The molecule has 0 unspecified atom stereocenters. The van der Waals surface area contributed by atoms with Gasteiger partial charge in [0.25, 0.3) is 17.2 Å². The first-order valence-corrected chi connectivity index (χ1v) is 9.85. The minimum atomic E-state index is -0.577. The summed E-state index contributed by atoms with van der Waals surface area (Å²) in [4.78, 5) is 51.5. The van der Waals surface area contributed by atoms with E-state index in [0.29, 0.717) is 16.2 Å². The normalized spacial score (nSPS) is 10.6. The number of carbonyl (C=O) groups excluding carboxylic acids is 2. The molecular weight excluding hydrogens is 410 g/mol. The molecule has 1 heterocycles. The van der Waals surface area contributed by atoms with Crippen LogP contribution in [0.4, 0.5) is 5.69 Å². The number of thioether (sulfide) groups is 1. The summed E-state index contributed by atoms with van der Waals surface area (Å²) in [6.07, 6.45) is 0. The van der Waals surface area contributed by atoms with Crippen molar-refractivity contribution in [3.63, 3.8) is 0 Å². The van der Waals surface area contributed by atoms with Gasteiger partial charge in [-0.2, -0.15) is 0 Å². The van der Waals surface area contributed by atoms with E-state index in [0.717, 1.165) is 11.8 Å². The van der Waals surface area contributed by atoms with Gasteiger partial charge in [0.1, 0.15) is 0 Å². The fraction of sp³-hybridized carbons (Fsp3) is 0.158. The molecule has 11 heteroatoms. The van der Waals surface area contributed by atoms with E-state index in [1.807, 2.05) is 0 Å². The lowest BCUT2D eigenvalue weighted by atomic mass is 10.2. The molecule has 154 valence electrons. The van der Waals surface area contributed by atoms with Crippen molar-refractivity contribution in [2.24, 2.45) is 0 Å². The molecule has 0 bridgehead atoms. The molecule has 2 amide bonds. The number of aromatic nitrogens is 2. The van der Waals surface area contributed by atoms with E-state index in [4.69, 9.17) is 0 Å². The fourth-order valence-electron chi connectivity index (χ4n) is 2.65. The highest BCUT2D eigenvalue weighted by atomic mass is 32.2. The number of nitrogens with zero attached hydrogens (tertiary/aromatic N) is 3. The summed E-state index contributed by atoms with van der Waals surface area (Å²) in [7, 11) is 0. The number of non-ortho nitro benzene ring substituents is 1. The molecule has 1 aromatic heterocycles. The molecule has 3 aromatic rings. The number of rotatable bonds is 6. The Hall–Kier alpha value is -3.73. The third-order valence-corrected chi connectivity index (χ3v) is 5.09. The van der Waals surface area contributed by atoms with Crippen LogP contribution in [0.5, 0.6) is 0 Å². The van der Waals surface area contributed by atoms with Crippen LogP contribution in [0.15, 0.2) is 58.5 Å². The molecule has 0 aliphatic rings. The van der Waals surface area contributed by atoms with Crippen molar-refractivity contribution in [2.45, 2.75) is 18.6 Å². The number of amides is 2. The van der Waals surface area contributed by atoms with Crippen molar-refractivity contribution < 1.29 is 14.5 Å². The molecule has 0 atom stereocenters. The smallest absolute Gasteiger partial charge is 0.270 e. The Kier molecular flexibility index (Phi) is 6.42. The first-order valence-electron chi connectivity index (χ1n) is 8.86. The molecular formula is C19H17N5O5S. The van der Waals surface area contributed by atoms with Crippen LogP contribution in [-0.2, 0) is 11.3 Å². The quantitative estimate of drug-likeness (QED) is 0.265. The molecule has 2 aromatic carbocycles. The lowest BCUT2D eigenvalue weighted by Crippen LogP contribution is -2.42. The number of hydrazine groups is 1. The van der Waals surface area contributed by atoms with E-state index >= 15 is 0 Å². The first kappa shape index (κ1) is 21.0. The molecule has 0 saturated heterocycles. The predicted molar refractivity (Wildman–Crippen MR) is 111 cm³/mol. The Morgan fingerprint density at radius 1 is 1.17 bits per heavy atom. The molecule has 2 N–H and O–H groups in total. The number of hydrogen-bond donors (Lipinski definition) is 2. The summed E-state index contributed by atoms with van der Waals surface area (Å²) < 4.78 is 1.34. The van der Waals surface area contributed by atoms with Crippen LogP contribution < -0.4 is 16.4 Å². The fourth-order valence-corrected chi connectivity index (χ4v) is 3.51. The van der Waals surface area contributed by atoms with Crippen LogP contribution in [0.3, 0.4) is 0 Å². The maximum absolute atomic E-state index is 12.7. The average Bonchev–Trinajstić information content (AvgIpc) is 2.76. The van der Waals surface area contributed by atoms with E-state index < -0.39 is 22.3 Å². The zero-order chi connectivity index (χ0) is 21.7. The zero-order valence-corrected chi connectivity index (χ0v) is 16.6. The van der Waals surface area contributed by atoms with Gasteiger partial charge in [0.05, 0.1) is 21.6 Å². The van der Waals surface area contributed by atoms with Crippen LogP contribution in [0, 0.1) is 10.1 Å². The first-order chi connectivity index (χ1) is 14.4. The minimum Gasteiger partial charge on any atom is -0.287 e. The Bertz CT molecular complexity index is 1180. The van der Waals surface area contributed by atoms with Crippen LogP contribution in [0.25, 0.3) is 10.9 Å². The molecule has 3 rings (SSSR count). The minimum absolute atomic E-state index is 0.0972. The number of hydrogen-bond acceptors (Lipinski definition) is 7. The molecule has 10 nitrogen and oxygen atoms in total. The van der Waals surface area contributed by atoms with Gasteiger partial charge < -0.3 is 0 Å². The van der Waals surface area contributed by atoms with Crippen LogP contribution in [0.2, 0.25) is 0 Å². The van der Waals surface area contributed by atoms with Gasteiger partial charge >= 0.3 is 0 Å². The van der Waals surface area contributed by atoms with Crippen molar-refractivity contribution in [1.82, 2.24) is 20.4 Å². The second-order valence-corrected chi connectivity index (χ2v) is 7.00. The standard InChI is InChI=1S/C19H17N5O5S/c1-2-23-18(27)14-10-13(24(28)29)8-9-15(14)20-19(23)30-11-16(25)21-22-17(26)12-6-4-3-5-7-12/h3-10H,2,11H2,1H3,(H,21,25)(H,22,26). The third-order valence-electron chi connectivity index (χ3n) is 4.11. The molecule has 0 aliphatic carbocycles. The van der Waals surface area contributed by atoms with Gasteiger partial charge in [-0.15, -0.1) is 0 Å². The van der Waals surface area contributed by atoms with Crippen molar-refractivity contribution in [3.8, 4) is 0 Å². The van der Waals surface area contributed by atoms with E-state index in [1.54, 1.807) is 37.3 Å². The van der Waals surface area contributed by atoms with Gasteiger partial charge in [0.15, 0.2) is 5.16 Å². The second-order valence-electron chi connectivity index (χ2n) is 6.06. The Morgan fingerprint density at radius 2 is 1.90 bits per heavy atom. The van der Waals surface area contributed by atoms with E-state index in [-0.39, 0.29) is 23.4 Å². The predicted octanol–water partition coefficient (Wildman–Crippen LogP) is 1.88. The Balaban J connectivity index is 1.71. The van der Waals surface area contributed by atoms with E-state index in [2.05, 4.69) is 15.8 Å².